The Morgan fingerprint density at radius 1 is 1.40 bits per heavy atom. The van der Waals surface area contributed by atoms with Gasteiger partial charge in [-0.25, -0.2) is 0 Å². The van der Waals surface area contributed by atoms with Gasteiger partial charge in [-0.1, -0.05) is 15.9 Å². The summed E-state index contributed by atoms with van der Waals surface area (Å²) in [5, 5.41) is 19.1. The Labute approximate surface area is 125 Å². The number of carbonyl (C=O) groups excluding carboxylic acids is 1. The Hall–Kier alpha value is -1.56. The largest absolute Gasteiger partial charge is 0.507 e. The summed E-state index contributed by atoms with van der Waals surface area (Å²) in [5.74, 6) is -1.33. The van der Waals surface area contributed by atoms with Gasteiger partial charge in [-0.05, 0) is 38.0 Å². The van der Waals surface area contributed by atoms with Gasteiger partial charge in [-0.15, -0.1) is 0 Å². The number of aliphatic carboxylic acids is 1. The molecule has 0 spiro atoms. The van der Waals surface area contributed by atoms with E-state index >= 15 is 0 Å². The molecule has 1 aromatic carbocycles. The molecule has 1 saturated heterocycles. The summed E-state index contributed by atoms with van der Waals surface area (Å²) in [7, 11) is 0. The number of benzene rings is 1. The molecule has 0 aromatic heterocycles. The highest BCUT2D eigenvalue weighted by molar-refractivity contribution is 9.10. The van der Waals surface area contributed by atoms with Crippen LogP contribution in [0.5, 0.6) is 5.75 Å². The SMILES string of the molecule is CC1(C(=O)O)CCCN(C(=O)c2cc(Br)ccc2O)C1. The Balaban J connectivity index is 2.25. The van der Waals surface area contributed by atoms with Crippen LogP contribution in [0.2, 0.25) is 0 Å². The van der Waals surface area contributed by atoms with Crippen molar-refractivity contribution < 1.29 is 19.8 Å². The summed E-state index contributed by atoms with van der Waals surface area (Å²) in [6, 6.07) is 4.63. The van der Waals surface area contributed by atoms with E-state index in [-0.39, 0.29) is 23.8 Å². The second-order valence-electron chi connectivity index (χ2n) is 5.36. The fraction of sp³-hybridized carbons (Fsp3) is 0.429. The normalized spacial score (nSPS) is 22.6. The number of likely N-dealkylation sites (tertiary alicyclic amines) is 1. The van der Waals surface area contributed by atoms with E-state index < -0.39 is 11.4 Å². The Bertz CT molecular complexity index is 560. The van der Waals surface area contributed by atoms with Gasteiger partial charge in [0.1, 0.15) is 5.75 Å². The molecule has 1 aliphatic heterocycles. The van der Waals surface area contributed by atoms with Gasteiger partial charge >= 0.3 is 5.97 Å². The van der Waals surface area contributed by atoms with Crippen molar-refractivity contribution in [3.8, 4) is 5.75 Å². The molecule has 1 amide bonds. The molecule has 108 valence electrons. The summed E-state index contributed by atoms with van der Waals surface area (Å²) in [5.41, 5.74) is -0.732. The first-order chi connectivity index (χ1) is 9.33. The molecule has 2 N–H and O–H groups in total. The number of amides is 1. The third-order valence-electron chi connectivity index (χ3n) is 3.69. The van der Waals surface area contributed by atoms with Crippen LogP contribution in [0.25, 0.3) is 0 Å². The molecule has 1 fully saturated rings. The van der Waals surface area contributed by atoms with E-state index in [2.05, 4.69) is 15.9 Å². The summed E-state index contributed by atoms with van der Waals surface area (Å²) < 4.78 is 0.691. The summed E-state index contributed by atoms with van der Waals surface area (Å²) >= 11 is 3.26. The Morgan fingerprint density at radius 3 is 2.75 bits per heavy atom. The van der Waals surface area contributed by atoms with Crippen molar-refractivity contribution >= 4 is 27.8 Å². The average molecular weight is 342 g/mol. The third kappa shape index (κ3) is 2.80. The van der Waals surface area contributed by atoms with Crippen LogP contribution in [0.15, 0.2) is 22.7 Å². The first-order valence-corrected chi connectivity index (χ1v) is 7.14. The Kier molecular flexibility index (Phi) is 4.04. The smallest absolute Gasteiger partial charge is 0.311 e. The topological polar surface area (TPSA) is 77.8 Å². The first kappa shape index (κ1) is 14.8. The predicted molar refractivity (Wildman–Crippen MR) is 76.7 cm³/mol. The van der Waals surface area contributed by atoms with E-state index in [4.69, 9.17) is 0 Å². The first-order valence-electron chi connectivity index (χ1n) is 6.35. The van der Waals surface area contributed by atoms with Gasteiger partial charge in [0, 0.05) is 17.6 Å². The van der Waals surface area contributed by atoms with Gasteiger partial charge in [-0.3, -0.25) is 9.59 Å². The van der Waals surface area contributed by atoms with E-state index in [1.165, 1.54) is 11.0 Å². The van der Waals surface area contributed by atoms with E-state index in [0.717, 1.165) is 0 Å². The monoisotopic (exact) mass is 341 g/mol. The number of rotatable bonds is 2. The number of phenols is 1. The highest BCUT2D eigenvalue weighted by Crippen LogP contribution is 2.32. The zero-order chi connectivity index (χ0) is 14.9. The average Bonchev–Trinajstić information content (AvgIpc) is 2.40. The lowest BCUT2D eigenvalue weighted by atomic mass is 9.82. The highest BCUT2D eigenvalue weighted by atomic mass is 79.9. The maximum Gasteiger partial charge on any atom is 0.311 e. The van der Waals surface area contributed by atoms with Crippen molar-refractivity contribution in [2.75, 3.05) is 13.1 Å². The summed E-state index contributed by atoms with van der Waals surface area (Å²) in [4.78, 5) is 25.2. The second-order valence-corrected chi connectivity index (χ2v) is 6.27. The Morgan fingerprint density at radius 2 is 2.10 bits per heavy atom. The van der Waals surface area contributed by atoms with Crippen LogP contribution < -0.4 is 0 Å². The van der Waals surface area contributed by atoms with Gasteiger partial charge in [-0.2, -0.15) is 0 Å². The maximum atomic E-state index is 12.4. The highest BCUT2D eigenvalue weighted by Gasteiger charge is 2.39. The summed E-state index contributed by atoms with van der Waals surface area (Å²) in [6.45, 7) is 2.32. The standard InChI is InChI=1S/C14H16BrNO4/c1-14(13(19)20)5-2-6-16(8-14)12(18)10-7-9(15)3-4-11(10)17/h3-4,7,17H,2,5-6,8H2,1H3,(H,19,20). The van der Waals surface area contributed by atoms with E-state index in [1.807, 2.05) is 0 Å². The number of halogens is 1. The van der Waals surface area contributed by atoms with Crippen LogP contribution in [0.1, 0.15) is 30.1 Å². The second kappa shape index (κ2) is 5.44. The van der Waals surface area contributed by atoms with E-state index in [1.54, 1.807) is 19.1 Å². The number of piperidine rings is 1. The lowest BCUT2D eigenvalue weighted by Gasteiger charge is -2.37. The van der Waals surface area contributed by atoms with Crippen LogP contribution in [0, 0.1) is 5.41 Å². The molecule has 1 atom stereocenters. The van der Waals surface area contributed by atoms with Crippen molar-refractivity contribution in [2.24, 2.45) is 5.41 Å². The third-order valence-corrected chi connectivity index (χ3v) is 4.18. The van der Waals surface area contributed by atoms with Gasteiger partial charge < -0.3 is 15.1 Å². The van der Waals surface area contributed by atoms with Crippen LogP contribution in [0.3, 0.4) is 0 Å². The molecule has 2 rings (SSSR count). The van der Waals surface area contributed by atoms with E-state index in [0.29, 0.717) is 23.9 Å². The molecule has 20 heavy (non-hydrogen) atoms. The quantitative estimate of drug-likeness (QED) is 0.866. The minimum Gasteiger partial charge on any atom is -0.507 e. The summed E-state index contributed by atoms with van der Waals surface area (Å²) in [6.07, 6.45) is 1.19. The van der Waals surface area contributed by atoms with Crippen molar-refractivity contribution in [3.05, 3.63) is 28.2 Å². The molecular formula is C14H16BrNO4. The number of carbonyl (C=O) groups is 2. The van der Waals surface area contributed by atoms with Crippen molar-refractivity contribution in [1.82, 2.24) is 4.90 Å². The van der Waals surface area contributed by atoms with Crippen molar-refractivity contribution in [3.63, 3.8) is 0 Å². The lowest BCUT2D eigenvalue weighted by molar-refractivity contribution is -0.150. The van der Waals surface area contributed by atoms with Gasteiger partial charge in [0.25, 0.3) is 5.91 Å². The van der Waals surface area contributed by atoms with Gasteiger partial charge in [0.15, 0.2) is 0 Å². The molecule has 0 bridgehead atoms. The molecule has 1 unspecified atom stereocenters. The van der Waals surface area contributed by atoms with Crippen LogP contribution >= 0.6 is 15.9 Å². The number of phenolic OH excluding ortho intramolecular Hbond substituents is 1. The predicted octanol–water partition coefficient (Wildman–Crippen LogP) is 2.48. The minimum atomic E-state index is -0.921. The van der Waals surface area contributed by atoms with Crippen LogP contribution in [-0.2, 0) is 4.79 Å². The lowest BCUT2D eigenvalue weighted by Crippen LogP contribution is -2.48. The number of aromatic hydroxyl groups is 1. The molecular weight excluding hydrogens is 326 g/mol. The number of nitrogens with zero attached hydrogens (tertiary/aromatic N) is 1. The number of hydrogen-bond acceptors (Lipinski definition) is 3. The fourth-order valence-electron chi connectivity index (χ4n) is 2.44. The van der Waals surface area contributed by atoms with E-state index in [9.17, 15) is 19.8 Å². The molecule has 0 aliphatic carbocycles. The number of carboxylic acids is 1. The molecule has 1 aliphatic rings. The zero-order valence-electron chi connectivity index (χ0n) is 11.1. The van der Waals surface area contributed by atoms with Crippen molar-refractivity contribution in [1.29, 1.82) is 0 Å². The minimum absolute atomic E-state index is 0.0965. The molecule has 1 aromatic rings. The van der Waals surface area contributed by atoms with Crippen LogP contribution in [0.4, 0.5) is 0 Å². The number of hydrogen-bond donors (Lipinski definition) is 2. The van der Waals surface area contributed by atoms with Gasteiger partial charge in [0.05, 0.1) is 11.0 Å². The van der Waals surface area contributed by atoms with Gasteiger partial charge in [0.2, 0.25) is 0 Å². The molecule has 5 nitrogen and oxygen atoms in total. The molecule has 1 heterocycles. The number of carboxylic acid groups (broad SMARTS) is 1. The molecule has 0 radical (unpaired) electrons. The maximum absolute atomic E-state index is 12.4. The van der Waals surface area contributed by atoms with Crippen LogP contribution in [-0.4, -0.2) is 40.1 Å². The zero-order valence-corrected chi connectivity index (χ0v) is 12.7. The van der Waals surface area contributed by atoms with Crippen molar-refractivity contribution in [2.45, 2.75) is 19.8 Å². The molecule has 6 heteroatoms. The molecule has 0 saturated carbocycles. The fourth-order valence-corrected chi connectivity index (χ4v) is 2.80.